The molecule has 2 aromatic rings. The third kappa shape index (κ3) is 3.43. The number of rotatable bonds is 4. The molecule has 0 bridgehead atoms. The minimum atomic E-state index is -3.65. The van der Waals surface area contributed by atoms with E-state index in [1.54, 1.807) is 12.1 Å². The molecule has 0 saturated carbocycles. The predicted octanol–water partition coefficient (Wildman–Crippen LogP) is 2.93. The van der Waals surface area contributed by atoms with Crippen molar-refractivity contribution in [2.75, 3.05) is 5.73 Å². The van der Waals surface area contributed by atoms with Crippen molar-refractivity contribution in [3.05, 3.63) is 59.2 Å². The second-order valence-corrected chi connectivity index (χ2v) is 6.91. The van der Waals surface area contributed by atoms with E-state index < -0.39 is 10.0 Å². The van der Waals surface area contributed by atoms with Gasteiger partial charge < -0.3 is 5.73 Å². The fourth-order valence-corrected chi connectivity index (χ4v) is 3.58. The number of anilines is 1. The predicted molar refractivity (Wildman–Crippen MR) is 85.5 cm³/mol. The summed E-state index contributed by atoms with van der Waals surface area (Å²) in [5.41, 5.74) is 8.92. The highest BCUT2D eigenvalue weighted by Crippen LogP contribution is 2.24. The van der Waals surface area contributed by atoms with E-state index >= 15 is 0 Å². The Bertz CT molecular complexity index is 740. The van der Waals surface area contributed by atoms with Gasteiger partial charge in [0.2, 0.25) is 10.0 Å². The first kappa shape index (κ1) is 15.5. The Balaban J connectivity index is 2.33. The Morgan fingerprint density at radius 3 is 2.24 bits per heavy atom. The Labute approximate surface area is 126 Å². The van der Waals surface area contributed by atoms with E-state index in [1.807, 2.05) is 51.1 Å². The molecule has 0 heterocycles. The van der Waals surface area contributed by atoms with Crippen molar-refractivity contribution in [1.82, 2.24) is 4.72 Å². The number of nitrogens with one attached hydrogen (secondary N) is 1. The monoisotopic (exact) mass is 304 g/mol. The minimum Gasteiger partial charge on any atom is -0.398 e. The molecule has 0 aliphatic carbocycles. The van der Waals surface area contributed by atoms with Crippen molar-refractivity contribution in [3.8, 4) is 0 Å². The number of nitrogens with two attached hydrogens (primary N) is 1. The highest BCUT2D eigenvalue weighted by molar-refractivity contribution is 7.89. The number of benzene rings is 2. The Hall–Kier alpha value is -1.85. The van der Waals surface area contributed by atoms with Crippen molar-refractivity contribution in [2.24, 2.45) is 0 Å². The molecule has 1 atom stereocenters. The van der Waals surface area contributed by atoms with Crippen LogP contribution in [0.1, 0.15) is 29.7 Å². The summed E-state index contributed by atoms with van der Waals surface area (Å²) in [5.74, 6) is 0. The van der Waals surface area contributed by atoms with E-state index in [2.05, 4.69) is 4.72 Å². The number of hydrogen-bond acceptors (Lipinski definition) is 3. The summed E-state index contributed by atoms with van der Waals surface area (Å²) in [6, 6.07) is 12.4. The van der Waals surface area contributed by atoms with Crippen LogP contribution in [0, 0.1) is 13.8 Å². The molecule has 0 spiro atoms. The van der Waals surface area contributed by atoms with E-state index in [4.69, 9.17) is 5.73 Å². The molecule has 3 N–H and O–H groups in total. The fraction of sp³-hybridized carbons (Fsp3) is 0.250. The Morgan fingerprint density at radius 2 is 1.62 bits per heavy atom. The summed E-state index contributed by atoms with van der Waals surface area (Å²) >= 11 is 0. The molecule has 2 rings (SSSR count). The lowest BCUT2D eigenvalue weighted by atomic mass is 10.1. The Kier molecular flexibility index (Phi) is 4.34. The molecule has 21 heavy (non-hydrogen) atoms. The van der Waals surface area contributed by atoms with Gasteiger partial charge in [0.15, 0.2) is 0 Å². The van der Waals surface area contributed by atoms with Gasteiger partial charge in [0.25, 0.3) is 0 Å². The van der Waals surface area contributed by atoms with Crippen LogP contribution < -0.4 is 10.5 Å². The van der Waals surface area contributed by atoms with Crippen LogP contribution >= 0.6 is 0 Å². The maximum Gasteiger partial charge on any atom is 0.243 e. The zero-order valence-corrected chi connectivity index (χ0v) is 13.2. The third-order valence-electron chi connectivity index (χ3n) is 3.55. The number of sulfonamides is 1. The molecule has 0 saturated heterocycles. The minimum absolute atomic E-state index is 0.133. The van der Waals surface area contributed by atoms with Crippen LogP contribution in [0.3, 0.4) is 0 Å². The summed E-state index contributed by atoms with van der Waals surface area (Å²) < 4.78 is 27.7. The second kappa shape index (κ2) is 5.87. The van der Waals surface area contributed by atoms with Crippen molar-refractivity contribution in [1.29, 1.82) is 0 Å². The quantitative estimate of drug-likeness (QED) is 0.853. The van der Waals surface area contributed by atoms with Crippen LogP contribution in [0.5, 0.6) is 0 Å². The SMILES string of the molecule is Cc1cc(N)c(S(=O)(=O)N[C@H](C)c2ccccc2)cc1C. The third-order valence-corrected chi connectivity index (χ3v) is 5.14. The highest BCUT2D eigenvalue weighted by atomic mass is 32.2. The van der Waals surface area contributed by atoms with Gasteiger partial charge in [-0.3, -0.25) is 0 Å². The van der Waals surface area contributed by atoms with E-state index in [9.17, 15) is 8.42 Å². The highest BCUT2D eigenvalue weighted by Gasteiger charge is 2.21. The van der Waals surface area contributed by atoms with Crippen molar-refractivity contribution in [3.63, 3.8) is 0 Å². The van der Waals surface area contributed by atoms with Gasteiger partial charge in [0, 0.05) is 6.04 Å². The molecule has 0 radical (unpaired) electrons. The number of aryl methyl sites for hydroxylation is 2. The summed E-state index contributed by atoms with van der Waals surface area (Å²) in [4.78, 5) is 0.133. The van der Waals surface area contributed by atoms with Crippen LogP contribution in [0.25, 0.3) is 0 Å². The smallest absolute Gasteiger partial charge is 0.243 e. The van der Waals surface area contributed by atoms with Crippen LogP contribution in [0.15, 0.2) is 47.4 Å². The maximum atomic E-state index is 12.5. The largest absolute Gasteiger partial charge is 0.398 e. The summed E-state index contributed by atoms with van der Waals surface area (Å²) in [6.45, 7) is 5.58. The average Bonchev–Trinajstić information content (AvgIpc) is 2.43. The van der Waals surface area contributed by atoms with Gasteiger partial charge in [-0.15, -0.1) is 0 Å². The van der Waals surface area contributed by atoms with Crippen LogP contribution in [-0.2, 0) is 10.0 Å². The van der Waals surface area contributed by atoms with E-state index in [-0.39, 0.29) is 16.6 Å². The summed E-state index contributed by atoms with van der Waals surface area (Å²) in [6.07, 6.45) is 0. The van der Waals surface area contributed by atoms with E-state index in [1.165, 1.54) is 0 Å². The lowest BCUT2D eigenvalue weighted by molar-refractivity contribution is 0.567. The molecule has 0 fully saturated rings. The lowest BCUT2D eigenvalue weighted by Crippen LogP contribution is -2.27. The van der Waals surface area contributed by atoms with Gasteiger partial charge in [0.1, 0.15) is 4.90 Å². The Morgan fingerprint density at radius 1 is 1.05 bits per heavy atom. The summed E-state index contributed by atoms with van der Waals surface area (Å²) in [7, 11) is -3.65. The van der Waals surface area contributed by atoms with Crippen LogP contribution in [0.4, 0.5) is 5.69 Å². The maximum absolute atomic E-state index is 12.5. The zero-order valence-electron chi connectivity index (χ0n) is 12.4. The first-order valence-electron chi connectivity index (χ1n) is 6.75. The molecule has 0 aliphatic rings. The molecule has 112 valence electrons. The molecule has 0 aromatic heterocycles. The zero-order chi connectivity index (χ0) is 15.6. The van der Waals surface area contributed by atoms with Gasteiger partial charge in [-0.05, 0) is 49.6 Å². The molecular formula is C16H20N2O2S. The molecule has 5 heteroatoms. The van der Waals surface area contributed by atoms with Crippen molar-refractivity contribution in [2.45, 2.75) is 31.7 Å². The topological polar surface area (TPSA) is 72.2 Å². The molecule has 4 nitrogen and oxygen atoms in total. The molecule has 0 unspecified atom stereocenters. The van der Waals surface area contributed by atoms with Crippen molar-refractivity contribution >= 4 is 15.7 Å². The molecule has 0 aliphatic heterocycles. The standard InChI is InChI=1S/C16H20N2O2S/c1-11-9-15(17)16(10-12(11)2)21(19,20)18-13(3)14-7-5-4-6-8-14/h4-10,13,18H,17H2,1-3H3/t13-/m1/s1. The van der Waals surface area contributed by atoms with E-state index in [0.717, 1.165) is 16.7 Å². The van der Waals surface area contributed by atoms with Crippen LogP contribution in [0.2, 0.25) is 0 Å². The van der Waals surface area contributed by atoms with Gasteiger partial charge in [-0.25, -0.2) is 13.1 Å². The summed E-state index contributed by atoms with van der Waals surface area (Å²) in [5, 5.41) is 0. The lowest BCUT2D eigenvalue weighted by Gasteiger charge is -2.16. The molecule has 0 amide bonds. The van der Waals surface area contributed by atoms with Gasteiger partial charge in [0.05, 0.1) is 5.69 Å². The number of hydrogen-bond donors (Lipinski definition) is 2. The first-order valence-corrected chi connectivity index (χ1v) is 8.23. The number of nitrogen functional groups attached to an aromatic ring is 1. The molecule has 2 aromatic carbocycles. The molecular weight excluding hydrogens is 284 g/mol. The fourth-order valence-electron chi connectivity index (χ4n) is 2.15. The average molecular weight is 304 g/mol. The normalized spacial score (nSPS) is 13.1. The van der Waals surface area contributed by atoms with Crippen molar-refractivity contribution < 1.29 is 8.42 Å². The van der Waals surface area contributed by atoms with Gasteiger partial charge >= 0.3 is 0 Å². The second-order valence-electron chi connectivity index (χ2n) is 5.23. The van der Waals surface area contributed by atoms with Gasteiger partial charge in [-0.2, -0.15) is 0 Å². The van der Waals surface area contributed by atoms with E-state index in [0.29, 0.717) is 0 Å². The van der Waals surface area contributed by atoms with Crippen LogP contribution in [-0.4, -0.2) is 8.42 Å². The van der Waals surface area contributed by atoms with Gasteiger partial charge in [-0.1, -0.05) is 30.3 Å². The first-order chi connectivity index (χ1) is 9.81.